The summed E-state index contributed by atoms with van der Waals surface area (Å²) in [5.74, 6) is 0.481. The molecule has 26 heavy (non-hydrogen) atoms. The van der Waals surface area contributed by atoms with Crippen molar-refractivity contribution in [2.75, 3.05) is 26.7 Å². The summed E-state index contributed by atoms with van der Waals surface area (Å²) in [5, 5.41) is 3.47. The Morgan fingerprint density at radius 2 is 1.96 bits per heavy atom. The first-order chi connectivity index (χ1) is 12.6. The molecule has 1 aromatic carbocycles. The number of hydrogen-bond acceptors (Lipinski definition) is 4. The topological polar surface area (TPSA) is 54.5 Å². The summed E-state index contributed by atoms with van der Waals surface area (Å²) in [6.45, 7) is 2.42. The molecular formula is C19H21Cl2N3O2. The molecule has 7 heteroatoms. The third-order valence-electron chi connectivity index (χ3n) is 4.56. The molecule has 0 bridgehead atoms. The summed E-state index contributed by atoms with van der Waals surface area (Å²) in [7, 11) is 1.66. The molecule has 5 nitrogen and oxygen atoms in total. The van der Waals surface area contributed by atoms with Gasteiger partial charge in [0.2, 0.25) is 0 Å². The van der Waals surface area contributed by atoms with Gasteiger partial charge in [-0.2, -0.15) is 0 Å². The van der Waals surface area contributed by atoms with Crippen LogP contribution in [0.1, 0.15) is 34.9 Å². The Balaban J connectivity index is 1.80. The lowest BCUT2D eigenvalue weighted by Crippen LogP contribution is -2.37. The maximum atomic E-state index is 12.6. The van der Waals surface area contributed by atoms with E-state index in [2.05, 4.69) is 15.2 Å². The van der Waals surface area contributed by atoms with Crippen LogP contribution >= 0.6 is 23.2 Å². The van der Waals surface area contributed by atoms with E-state index in [9.17, 15) is 4.79 Å². The van der Waals surface area contributed by atoms with Gasteiger partial charge in [-0.25, -0.2) is 4.98 Å². The lowest BCUT2D eigenvalue weighted by atomic mass is 10.0. The monoisotopic (exact) mass is 393 g/mol. The number of methoxy groups -OCH3 is 1. The van der Waals surface area contributed by atoms with E-state index >= 15 is 0 Å². The molecule has 3 rings (SSSR count). The summed E-state index contributed by atoms with van der Waals surface area (Å²) in [6, 6.07) is 11.1. The maximum absolute atomic E-state index is 12.6. The van der Waals surface area contributed by atoms with Crippen molar-refractivity contribution < 1.29 is 9.53 Å². The molecule has 1 atom stereocenters. The largest absolute Gasteiger partial charge is 0.496 e. The van der Waals surface area contributed by atoms with Gasteiger partial charge in [0.05, 0.1) is 18.2 Å². The third-order valence-corrected chi connectivity index (χ3v) is 5.08. The van der Waals surface area contributed by atoms with Gasteiger partial charge >= 0.3 is 0 Å². The Labute approximate surface area is 163 Å². The van der Waals surface area contributed by atoms with Gasteiger partial charge in [-0.1, -0.05) is 41.4 Å². The van der Waals surface area contributed by atoms with Crippen molar-refractivity contribution in [1.29, 1.82) is 0 Å². The van der Waals surface area contributed by atoms with Crippen molar-refractivity contribution in [3.8, 4) is 5.75 Å². The van der Waals surface area contributed by atoms with Gasteiger partial charge in [0.15, 0.2) is 0 Å². The minimum Gasteiger partial charge on any atom is -0.496 e. The number of pyridine rings is 1. The van der Waals surface area contributed by atoms with E-state index in [-0.39, 0.29) is 27.8 Å². The molecule has 1 aliphatic rings. The van der Waals surface area contributed by atoms with E-state index in [4.69, 9.17) is 27.9 Å². The molecule has 1 unspecified atom stereocenters. The standard InChI is InChI=1S/C19H21Cl2N3O2/c1-26-16-7-3-2-6-13(16)15(24-10-4-5-11-24)12-22-19(25)18-14(20)8-9-17(21)23-18/h2-3,6-9,15H,4-5,10-12H2,1H3,(H,22,25). The average Bonchev–Trinajstić information content (AvgIpc) is 3.18. The van der Waals surface area contributed by atoms with E-state index in [0.717, 1.165) is 37.2 Å². The predicted molar refractivity (Wildman–Crippen MR) is 103 cm³/mol. The molecule has 0 saturated carbocycles. The number of nitrogens with zero attached hydrogens (tertiary/aromatic N) is 2. The van der Waals surface area contributed by atoms with Crippen LogP contribution in [0.4, 0.5) is 0 Å². The minimum absolute atomic E-state index is 0.0237. The zero-order chi connectivity index (χ0) is 18.5. The Bertz CT molecular complexity index is 779. The van der Waals surface area contributed by atoms with Crippen molar-refractivity contribution >= 4 is 29.1 Å². The summed E-state index contributed by atoms with van der Waals surface area (Å²) < 4.78 is 5.52. The Morgan fingerprint density at radius 1 is 1.23 bits per heavy atom. The van der Waals surface area contributed by atoms with Gasteiger partial charge in [-0.3, -0.25) is 9.69 Å². The molecular weight excluding hydrogens is 373 g/mol. The molecule has 2 heterocycles. The van der Waals surface area contributed by atoms with Gasteiger partial charge in [-0.15, -0.1) is 0 Å². The van der Waals surface area contributed by atoms with Crippen LogP contribution < -0.4 is 10.1 Å². The highest BCUT2D eigenvalue weighted by atomic mass is 35.5. The van der Waals surface area contributed by atoms with Crippen LogP contribution in [0.15, 0.2) is 36.4 Å². The third kappa shape index (κ3) is 4.29. The van der Waals surface area contributed by atoms with Gasteiger partial charge < -0.3 is 10.1 Å². The second kappa shape index (κ2) is 8.71. The first-order valence-corrected chi connectivity index (χ1v) is 9.33. The molecule has 2 aromatic rings. The van der Waals surface area contributed by atoms with Gasteiger partial charge in [0, 0.05) is 12.1 Å². The Morgan fingerprint density at radius 3 is 2.69 bits per heavy atom. The SMILES string of the molecule is COc1ccccc1C(CNC(=O)c1nc(Cl)ccc1Cl)N1CCCC1. The van der Waals surface area contributed by atoms with Gasteiger partial charge in [0.1, 0.15) is 16.6 Å². The molecule has 1 fully saturated rings. The number of nitrogens with one attached hydrogen (secondary N) is 1. The molecule has 0 aliphatic carbocycles. The van der Waals surface area contributed by atoms with Crippen LogP contribution in [0.25, 0.3) is 0 Å². The molecule has 1 N–H and O–H groups in total. The summed E-state index contributed by atoms with van der Waals surface area (Å²) in [4.78, 5) is 19.0. The van der Waals surface area contributed by atoms with E-state index in [1.165, 1.54) is 0 Å². The number of ether oxygens (including phenoxy) is 1. The van der Waals surface area contributed by atoms with Gasteiger partial charge in [0.25, 0.3) is 5.91 Å². The number of para-hydroxylation sites is 1. The van der Waals surface area contributed by atoms with Crippen molar-refractivity contribution in [2.45, 2.75) is 18.9 Å². The van der Waals surface area contributed by atoms with Crippen LogP contribution in [-0.4, -0.2) is 42.5 Å². The molecule has 138 valence electrons. The lowest BCUT2D eigenvalue weighted by molar-refractivity contribution is 0.0932. The number of carbonyl (C=O) groups is 1. The molecule has 0 spiro atoms. The first kappa shape index (κ1) is 19.0. The number of hydrogen-bond donors (Lipinski definition) is 1. The number of rotatable bonds is 6. The van der Waals surface area contributed by atoms with E-state index < -0.39 is 0 Å². The summed E-state index contributed by atoms with van der Waals surface area (Å²) in [6.07, 6.45) is 2.31. The number of aromatic nitrogens is 1. The van der Waals surface area contributed by atoms with Crippen LogP contribution in [-0.2, 0) is 0 Å². The van der Waals surface area contributed by atoms with Gasteiger partial charge in [-0.05, 0) is 44.1 Å². The number of benzene rings is 1. The highest BCUT2D eigenvalue weighted by molar-refractivity contribution is 6.34. The quantitative estimate of drug-likeness (QED) is 0.754. The molecule has 1 amide bonds. The number of amides is 1. The number of likely N-dealkylation sites (tertiary alicyclic amines) is 1. The highest BCUT2D eigenvalue weighted by Gasteiger charge is 2.26. The smallest absolute Gasteiger partial charge is 0.271 e. The average molecular weight is 394 g/mol. The zero-order valence-electron chi connectivity index (χ0n) is 14.5. The second-order valence-electron chi connectivity index (χ2n) is 6.18. The second-order valence-corrected chi connectivity index (χ2v) is 6.97. The summed E-state index contributed by atoms with van der Waals surface area (Å²) in [5.41, 5.74) is 1.20. The van der Waals surface area contributed by atoms with Crippen molar-refractivity contribution in [2.24, 2.45) is 0 Å². The van der Waals surface area contributed by atoms with Crippen molar-refractivity contribution in [3.05, 3.63) is 57.8 Å². The van der Waals surface area contributed by atoms with Crippen LogP contribution in [0, 0.1) is 0 Å². The maximum Gasteiger partial charge on any atom is 0.271 e. The van der Waals surface area contributed by atoms with Crippen LogP contribution in [0.5, 0.6) is 5.75 Å². The highest BCUT2D eigenvalue weighted by Crippen LogP contribution is 2.31. The van der Waals surface area contributed by atoms with E-state index in [1.807, 2.05) is 24.3 Å². The number of halogens is 2. The van der Waals surface area contributed by atoms with Crippen molar-refractivity contribution in [3.63, 3.8) is 0 Å². The molecule has 1 aromatic heterocycles. The fourth-order valence-electron chi connectivity index (χ4n) is 3.28. The van der Waals surface area contributed by atoms with Crippen LogP contribution in [0.2, 0.25) is 10.2 Å². The number of carbonyl (C=O) groups excluding carboxylic acids is 1. The normalized spacial score (nSPS) is 15.7. The van der Waals surface area contributed by atoms with Crippen LogP contribution in [0.3, 0.4) is 0 Å². The fraction of sp³-hybridized carbons (Fsp3) is 0.368. The minimum atomic E-state index is -0.336. The first-order valence-electron chi connectivity index (χ1n) is 8.57. The Hall–Kier alpha value is -1.82. The summed E-state index contributed by atoms with van der Waals surface area (Å²) >= 11 is 12.0. The lowest BCUT2D eigenvalue weighted by Gasteiger charge is -2.29. The Kier molecular flexibility index (Phi) is 6.35. The van der Waals surface area contributed by atoms with E-state index in [1.54, 1.807) is 19.2 Å². The van der Waals surface area contributed by atoms with Crippen molar-refractivity contribution in [1.82, 2.24) is 15.2 Å². The molecule has 1 saturated heterocycles. The zero-order valence-corrected chi connectivity index (χ0v) is 16.1. The predicted octanol–water partition coefficient (Wildman–Crippen LogP) is 3.96. The fourth-order valence-corrected chi connectivity index (χ4v) is 3.62. The molecule has 0 radical (unpaired) electrons. The van der Waals surface area contributed by atoms with E-state index in [0.29, 0.717) is 6.54 Å². The molecule has 1 aliphatic heterocycles.